The van der Waals surface area contributed by atoms with Crippen LogP contribution in [0.25, 0.3) is 10.9 Å². The highest BCUT2D eigenvalue weighted by Crippen LogP contribution is 2.25. The minimum atomic E-state index is -0.457. The molecule has 1 aromatic heterocycles. The predicted molar refractivity (Wildman–Crippen MR) is 92.5 cm³/mol. The molecule has 1 aromatic carbocycles. The second-order valence-electron chi connectivity index (χ2n) is 6.97. The molecule has 0 spiro atoms. The molecule has 2 atom stereocenters. The molecule has 24 heavy (non-hydrogen) atoms. The highest BCUT2D eigenvalue weighted by Gasteiger charge is 2.34. The fraction of sp³-hybridized carbons (Fsp3) is 0.474. The quantitative estimate of drug-likeness (QED) is 0.871. The Morgan fingerprint density at radius 1 is 1.25 bits per heavy atom. The van der Waals surface area contributed by atoms with E-state index in [9.17, 15) is 9.90 Å². The lowest BCUT2D eigenvalue weighted by atomic mass is 9.94. The Morgan fingerprint density at radius 3 is 2.92 bits per heavy atom. The zero-order chi connectivity index (χ0) is 16.5. The van der Waals surface area contributed by atoms with Crippen molar-refractivity contribution < 1.29 is 9.90 Å². The third-order valence-electron chi connectivity index (χ3n) is 5.10. The summed E-state index contributed by atoms with van der Waals surface area (Å²) in [6.45, 7) is 1.46. The molecular weight excluding hydrogens is 302 g/mol. The Balaban J connectivity index is 1.43. The number of carbonyl (C=O) groups is 1. The van der Waals surface area contributed by atoms with E-state index < -0.39 is 6.10 Å². The largest absolute Gasteiger partial charge is 0.391 e. The number of β-amino-alcohol motifs (C(OH)–C–C–N with tert-alkyl or cyclic N) is 1. The summed E-state index contributed by atoms with van der Waals surface area (Å²) >= 11 is 0. The molecule has 2 heterocycles. The first-order chi connectivity index (χ1) is 11.7. The van der Waals surface area contributed by atoms with Gasteiger partial charge in [-0.15, -0.1) is 0 Å². The highest BCUT2D eigenvalue weighted by atomic mass is 16.3. The predicted octanol–water partition coefficient (Wildman–Crippen LogP) is 1.35. The number of likely N-dealkylation sites (tertiary alicyclic amines) is 1. The fourth-order valence-corrected chi connectivity index (χ4v) is 3.50. The summed E-state index contributed by atoms with van der Waals surface area (Å²) in [6, 6.07) is 10.6. The van der Waals surface area contributed by atoms with Crippen molar-refractivity contribution >= 4 is 16.8 Å². The summed E-state index contributed by atoms with van der Waals surface area (Å²) < 4.78 is 0. The molecule has 5 heteroatoms. The number of aromatic nitrogens is 1. The number of carbonyl (C=O) groups excluding carboxylic acids is 1. The molecule has 126 valence electrons. The van der Waals surface area contributed by atoms with Gasteiger partial charge in [0.2, 0.25) is 5.91 Å². The number of pyridine rings is 1. The lowest BCUT2D eigenvalue weighted by Gasteiger charge is -2.17. The Labute approximate surface area is 141 Å². The molecular formula is C19H23N3O2. The molecule has 4 rings (SSSR count). The first kappa shape index (κ1) is 15.5. The minimum absolute atomic E-state index is 0.0840. The van der Waals surface area contributed by atoms with Gasteiger partial charge < -0.3 is 15.3 Å². The SMILES string of the molecule is O=C(CNC1CC1)N1C[C@@H](Cc2ccnc3ccccc23)[C@H](O)C1. The topological polar surface area (TPSA) is 65.5 Å². The second kappa shape index (κ2) is 6.49. The Kier molecular flexibility index (Phi) is 4.21. The third-order valence-corrected chi connectivity index (χ3v) is 5.10. The second-order valence-corrected chi connectivity index (χ2v) is 6.97. The number of rotatable bonds is 5. The van der Waals surface area contributed by atoms with Crippen LogP contribution in [0, 0.1) is 5.92 Å². The molecule has 1 saturated heterocycles. The normalized spacial score (nSPS) is 23.8. The number of amides is 1. The Morgan fingerprint density at radius 2 is 2.08 bits per heavy atom. The van der Waals surface area contributed by atoms with Gasteiger partial charge in [0, 0.05) is 36.6 Å². The Bertz CT molecular complexity index is 739. The summed E-state index contributed by atoms with van der Waals surface area (Å²) in [5.74, 6) is 0.184. The summed E-state index contributed by atoms with van der Waals surface area (Å²) in [4.78, 5) is 18.5. The average molecular weight is 325 g/mol. The number of benzene rings is 1. The van der Waals surface area contributed by atoms with Crippen molar-refractivity contribution in [1.82, 2.24) is 15.2 Å². The zero-order valence-corrected chi connectivity index (χ0v) is 13.7. The van der Waals surface area contributed by atoms with E-state index in [4.69, 9.17) is 0 Å². The summed E-state index contributed by atoms with van der Waals surface area (Å²) in [5, 5.41) is 14.8. The van der Waals surface area contributed by atoms with Crippen LogP contribution < -0.4 is 5.32 Å². The molecule has 1 aliphatic heterocycles. The van der Waals surface area contributed by atoms with Crippen LogP contribution in [0.5, 0.6) is 0 Å². The van der Waals surface area contributed by atoms with E-state index in [1.165, 1.54) is 18.4 Å². The van der Waals surface area contributed by atoms with Gasteiger partial charge in [-0.1, -0.05) is 18.2 Å². The minimum Gasteiger partial charge on any atom is -0.391 e. The van der Waals surface area contributed by atoms with Crippen molar-refractivity contribution in [3.63, 3.8) is 0 Å². The Hall–Kier alpha value is -1.98. The van der Waals surface area contributed by atoms with E-state index in [1.54, 1.807) is 4.90 Å². The molecule has 5 nitrogen and oxygen atoms in total. The van der Waals surface area contributed by atoms with E-state index >= 15 is 0 Å². The van der Waals surface area contributed by atoms with Crippen LogP contribution in [0.3, 0.4) is 0 Å². The summed E-state index contributed by atoms with van der Waals surface area (Å²) in [5.41, 5.74) is 2.17. The number of nitrogens with one attached hydrogen (secondary N) is 1. The van der Waals surface area contributed by atoms with Crippen LogP contribution >= 0.6 is 0 Å². The molecule has 2 N–H and O–H groups in total. The van der Waals surface area contributed by atoms with Gasteiger partial charge >= 0.3 is 0 Å². The van der Waals surface area contributed by atoms with Crippen LogP contribution in [0.4, 0.5) is 0 Å². The van der Waals surface area contributed by atoms with Crippen molar-refractivity contribution in [3.05, 3.63) is 42.1 Å². The molecule has 0 bridgehead atoms. The molecule has 1 aliphatic carbocycles. The molecule has 0 unspecified atom stereocenters. The summed E-state index contributed by atoms with van der Waals surface area (Å²) in [6.07, 6.45) is 4.48. The fourth-order valence-electron chi connectivity index (χ4n) is 3.50. The number of para-hydroxylation sites is 1. The highest BCUT2D eigenvalue weighted by molar-refractivity contribution is 5.82. The summed E-state index contributed by atoms with van der Waals surface area (Å²) in [7, 11) is 0. The van der Waals surface area contributed by atoms with Crippen LogP contribution in [0.1, 0.15) is 18.4 Å². The van der Waals surface area contributed by atoms with E-state index in [1.807, 2.05) is 30.5 Å². The van der Waals surface area contributed by atoms with Crippen LogP contribution in [-0.4, -0.2) is 52.7 Å². The number of hydrogen-bond donors (Lipinski definition) is 2. The zero-order valence-electron chi connectivity index (χ0n) is 13.7. The van der Waals surface area contributed by atoms with Gasteiger partial charge in [-0.25, -0.2) is 0 Å². The monoisotopic (exact) mass is 325 g/mol. The van der Waals surface area contributed by atoms with E-state index in [2.05, 4.69) is 16.4 Å². The third kappa shape index (κ3) is 3.28. The van der Waals surface area contributed by atoms with Gasteiger partial charge in [0.25, 0.3) is 0 Å². The lowest BCUT2D eigenvalue weighted by Crippen LogP contribution is -2.38. The smallest absolute Gasteiger partial charge is 0.236 e. The lowest BCUT2D eigenvalue weighted by molar-refractivity contribution is -0.129. The molecule has 2 fully saturated rings. The van der Waals surface area contributed by atoms with Gasteiger partial charge in [0.15, 0.2) is 0 Å². The van der Waals surface area contributed by atoms with E-state index in [0.717, 1.165) is 17.3 Å². The number of aliphatic hydroxyl groups is 1. The first-order valence-electron chi connectivity index (χ1n) is 8.72. The standard InChI is InChI=1S/C19H23N3O2/c23-18-12-22(19(24)10-21-15-5-6-15)11-14(18)9-13-7-8-20-17-4-2-1-3-16(13)17/h1-4,7-8,14-15,18,21,23H,5-6,9-12H2/t14-,18-/m1/s1. The first-order valence-corrected chi connectivity index (χ1v) is 8.72. The number of hydrogen-bond acceptors (Lipinski definition) is 4. The van der Waals surface area contributed by atoms with Gasteiger partial charge in [0.1, 0.15) is 0 Å². The van der Waals surface area contributed by atoms with Crippen LogP contribution in [-0.2, 0) is 11.2 Å². The maximum Gasteiger partial charge on any atom is 0.236 e. The molecule has 2 aliphatic rings. The van der Waals surface area contributed by atoms with Crippen LogP contribution in [0.15, 0.2) is 36.5 Å². The maximum atomic E-state index is 12.3. The van der Waals surface area contributed by atoms with Crippen molar-refractivity contribution in [3.8, 4) is 0 Å². The van der Waals surface area contributed by atoms with Gasteiger partial charge in [-0.05, 0) is 37.0 Å². The molecule has 2 aromatic rings. The van der Waals surface area contributed by atoms with Crippen molar-refractivity contribution in [2.45, 2.75) is 31.4 Å². The van der Waals surface area contributed by atoms with Crippen molar-refractivity contribution in [2.75, 3.05) is 19.6 Å². The molecule has 0 radical (unpaired) electrons. The maximum absolute atomic E-state index is 12.3. The van der Waals surface area contributed by atoms with Crippen LogP contribution in [0.2, 0.25) is 0 Å². The van der Waals surface area contributed by atoms with Gasteiger partial charge in [0.05, 0.1) is 18.2 Å². The van der Waals surface area contributed by atoms with Gasteiger partial charge in [-0.2, -0.15) is 0 Å². The number of nitrogens with zero attached hydrogens (tertiary/aromatic N) is 2. The van der Waals surface area contributed by atoms with Gasteiger partial charge in [-0.3, -0.25) is 9.78 Å². The van der Waals surface area contributed by atoms with Crippen molar-refractivity contribution in [2.24, 2.45) is 5.92 Å². The molecule has 1 amide bonds. The molecule has 1 saturated carbocycles. The average Bonchev–Trinajstić information content (AvgIpc) is 3.36. The van der Waals surface area contributed by atoms with Crippen molar-refractivity contribution in [1.29, 1.82) is 0 Å². The van der Waals surface area contributed by atoms with E-state index in [0.29, 0.717) is 25.7 Å². The van der Waals surface area contributed by atoms with E-state index in [-0.39, 0.29) is 11.8 Å². The number of aliphatic hydroxyl groups excluding tert-OH is 1. The number of fused-ring (bicyclic) bond motifs is 1.